The summed E-state index contributed by atoms with van der Waals surface area (Å²) >= 11 is 1.52. The van der Waals surface area contributed by atoms with Crippen LogP contribution in [0, 0.1) is 0 Å². The molecule has 1 aliphatic heterocycles. The highest BCUT2D eigenvalue weighted by molar-refractivity contribution is 7.14. The van der Waals surface area contributed by atoms with Gasteiger partial charge in [-0.3, -0.25) is 9.59 Å². The van der Waals surface area contributed by atoms with Crippen molar-refractivity contribution in [1.29, 1.82) is 0 Å². The number of carbonyl (C=O) groups is 2. The standard InChI is InChI=1S/C16H20N4O3S/c1-11(17-15(22)12-6-5-9-23-12)14(21)18-13-10-24-16(19-13)20-7-3-2-4-8-20/h5-6,9-11H,2-4,7-8H2,1H3,(H,17,22)(H,18,21)/t11-/m1/s1. The average molecular weight is 348 g/mol. The number of carbonyl (C=O) groups excluding carboxylic acids is 2. The molecule has 1 atom stereocenters. The maximum atomic E-state index is 12.2. The molecule has 1 saturated heterocycles. The molecule has 0 aliphatic carbocycles. The summed E-state index contributed by atoms with van der Waals surface area (Å²) in [6, 6.07) is 2.48. The van der Waals surface area contributed by atoms with Gasteiger partial charge in [-0.15, -0.1) is 11.3 Å². The molecule has 1 aliphatic rings. The number of hydrogen-bond donors (Lipinski definition) is 2. The zero-order chi connectivity index (χ0) is 16.9. The number of piperidine rings is 1. The molecule has 2 aromatic rings. The predicted octanol–water partition coefficient (Wildman–Crippen LogP) is 2.48. The summed E-state index contributed by atoms with van der Waals surface area (Å²) in [5.74, 6) is -0.0410. The molecule has 0 spiro atoms. The summed E-state index contributed by atoms with van der Waals surface area (Å²) in [5.41, 5.74) is 0. The number of nitrogens with one attached hydrogen (secondary N) is 2. The van der Waals surface area contributed by atoms with E-state index in [2.05, 4.69) is 20.5 Å². The van der Waals surface area contributed by atoms with Crippen LogP contribution >= 0.6 is 11.3 Å². The molecule has 3 heterocycles. The molecule has 0 radical (unpaired) electrons. The van der Waals surface area contributed by atoms with Crippen molar-refractivity contribution in [3.63, 3.8) is 0 Å². The van der Waals surface area contributed by atoms with Crippen molar-refractivity contribution in [2.75, 3.05) is 23.3 Å². The van der Waals surface area contributed by atoms with E-state index in [-0.39, 0.29) is 11.7 Å². The predicted molar refractivity (Wildman–Crippen MR) is 92.4 cm³/mol. The number of furan rings is 1. The van der Waals surface area contributed by atoms with Crippen LogP contribution in [-0.4, -0.2) is 35.9 Å². The van der Waals surface area contributed by atoms with E-state index in [0.29, 0.717) is 5.82 Å². The molecule has 128 valence electrons. The second-order valence-corrected chi connectivity index (χ2v) is 6.56. The van der Waals surface area contributed by atoms with Crippen molar-refractivity contribution in [3.05, 3.63) is 29.5 Å². The van der Waals surface area contributed by atoms with E-state index in [0.717, 1.165) is 18.2 Å². The molecule has 2 aromatic heterocycles. The van der Waals surface area contributed by atoms with E-state index in [9.17, 15) is 9.59 Å². The van der Waals surface area contributed by atoms with Crippen LogP contribution in [-0.2, 0) is 4.79 Å². The van der Waals surface area contributed by atoms with E-state index in [1.165, 1.54) is 36.9 Å². The van der Waals surface area contributed by atoms with Crippen molar-refractivity contribution in [2.24, 2.45) is 0 Å². The van der Waals surface area contributed by atoms with Gasteiger partial charge < -0.3 is 20.0 Å². The SMILES string of the molecule is C[C@@H](NC(=O)c1ccco1)C(=O)Nc1csc(N2CCCCC2)n1. The second kappa shape index (κ2) is 7.48. The zero-order valence-electron chi connectivity index (χ0n) is 13.4. The molecule has 7 nitrogen and oxygen atoms in total. The Labute approximate surface area is 144 Å². The van der Waals surface area contributed by atoms with Gasteiger partial charge in [0.25, 0.3) is 5.91 Å². The van der Waals surface area contributed by atoms with Gasteiger partial charge in [-0.05, 0) is 38.3 Å². The summed E-state index contributed by atoms with van der Waals surface area (Å²) in [4.78, 5) is 30.8. The van der Waals surface area contributed by atoms with Crippen LogP contribution in [0.15, 0.2) is 28.2 Å². The molecule has 0 bridgehead atoms. The molecule has 0 unspecified atom stereocenters. The summed E-state index contributed by atoms with van der Waals surface area (Å²) in [6.07, 6.45) is 5.03. The molecular formula is C16H20N4O3S. The Balaban J connectivity index is 1.54. The van der Waals surface area contributed by atoms with Crippen LogP contribution < -0.4 is 15.5 Å². The zero-order valence-corrected chi connectivity index (χ0v) is 14.3. The number of amides is 2. The topological polar surface area (TPSA) is 87.5 Å². The fourth-order valence-corrected chi connectivity index (χ4v) is 3.34. The first kappa shape index (κ1) is 16.5. The van der Waals surface area contributed by atoms with Crippen LogP contribution in [0.3, 0.4) is 0 Å². The summed E-state index contributed by atoms with van der Waals surface area (Å²) < 4.78 is 5.00. The smallest absolute Gasteiger partial charge is 0.287 e. The Hall–Kier alpha value is -2.35. The lowest BCUT2D eigenvalue weighted by atomic mass is 10.1. The Morgan fingerprint density at radius 1 is 1.33 bits per heavy atom. The lowest BCUT2D eigenvalue weighted by molar-refractivity contribution is -0.117. The van der Waals surface area contributed by atoms with Crippen molar-refractivity contribution in [2.45, 2.75) is 32.2 Å². The Morgan fingerprint density at radius 3 is 2.83 bits per heavy atom. The van der Waals surface area contributed by atoms with Gasteiger partial charge in [0.2, 0.25) is 5.91 Å². The lowest BCUT2D eigenvalue weighted by Gasteiger charge is -2.25. The molecule has 8 heteroatoms. The number of hydrogen-bond acceptors (Lipinski definition) is 6. The van der Waals surface area contributed by atoms with Crippen molar-refractivity contribution in [3.8, 4) is 0 Å². The monoisotopic (exact) mass is 348 g/mol. The van der Waals surface area contributed by atoms with E-state index in [4.69, 9.17) is 4.42 Å². The third-order valence-electron chi connectivity index (χ3n) is 3.86. The van der Waals surface area contributed by atoms with Gasteiger partial charge >= 0.3 is 0 Å². The molecule has 2 amide bonds. The maximum absolute atomic E-state index is 12.2. The minimum absolute atomic E-state index is 0.177. The Bertz CT molecular complexity index is 692. The van der Waals surface area contributed by atoms with E-state index < -0.39 is 11.9 Å². The van der Waals surface area contributed by atoms with Crippen molar-refractivity contribution < 1.29 is 14.0 Å². The van der Waals surface area contributed by atoms with Crippen LogP contribution in [0.25, 0.3) is 0 Å². The highest BCUT2D eigenvalue weighted by Gasteiger charge is 2.20. The number of anilines is 2. The molecule has 2 N–H and O–H groups in total. The Kier molecular flexibility index (Phi) is 5.14. The second-order valence-electron chi connectivity index (χ2n) is 5.72. The fraction of sp³-hybridized carbons (Fsp3) is 0.438. The fourth-order valence-electron chi connectivity index (χ4n) is 2.53. The highest BCUT2D eigenvalue weighted by Crippen LogP contribution is 2.26. The van der Waals surface area contributed by atoms with Gasteiger partial charge in [0, 0.05) is 18.5 Å². The lowest BCUT2D eigenvalue weighted by Crippen LogP contribution is -2.41. The van der Waals surface area contributed by atoms with Gasteiger partial charge in [-0.1, -0.05) is 0 Å². The van der Waals surface area contributed by atoms with E-state index >= 15 is 0 Å². The van der Waals surface area contributed by atoms with Gasteiger partial charge in [0.1, 0.15) is 11.9 Å². The van der Waals surface area contributed by atoms with Crippen LogP contribution in [0.5, 0.6) is 0 Å². The number of nitrogens with zero attached hydrogens (tertiary/aromatic N) is 2. The molecule has 3 rings (SSSR count). The first-order chi connectivity index (χ1) is 11.6. The number of thiazole rings is 1. The largest absolute Gasteiger partial charge is 0.459 e. The third kappa shape index (κ3) is 3.94. The molecular weight excluding hydrogens is 328 g/mol. The summed E-state index contributed by atoms with van der Waals surface area (Å²) in [6.45, 7) is 3.64. The van der Waals surface area contributed by atoms with Crippen LogP contribution in [0.1, 0.15) is 36.7 Å². The average Bonchev–Trinajstić information content (AvgIpc) is 3.27. The minimum Gasteiger partial charge on any atom is -0.459 e. The number of aromatic nitrogens is 1. The molecule has 0 aromatic carbocycles. The Morgan fingerprint density at radius 2 is 2.12 bits per heavy atom. The van der Waals surface area contributed by atoms with E-state index in [1.807, 2.05) is 5.38 Å². The molecule has 24 heavy (non-hydrogen) atoms. The van der Waals surface area contributed by atoms with Crippen molar-refractivity contribution in [1.82, 2.24) is 10.3 Å². The minimum atomic E-state index is -0.692. The summed E-state index contributed by atoms with van der Waals surface area (Å²) in [7, 11) is 0. The normalized spacial score (nSPS) is 15.8. The molecule has 0 saturated carbocycles. The first-order valence-electron chi connectivity index (χ1n) is 7.99. The summed E-state index contributed by atoms with van der Waals surface area (Å²) in [5, 5.41) is 8.08. The molecule has 1 fully saturated rings. The highest BCUT2D eigenvalue weighted by atomic mass is 32.1. The van der Waals surface area contributed by atoms with Gasteiger partial charge in [-0.25, -0.2) is 4.98 Å². The van der Waals surface area contributed by atoms with Gasteiger partial charge in [0.05, 0.1) is 6.26 Å². The maximum Gasteiger partial charge on any atom is 0.287 e. The number of rotatable bonds is 5. The first-order valence-corrected chi connectivity index (χ1v) is 8.87. The van der Waals surface area contributed by atoms with Crippen LogP contribution in [0.4, 0.5) is 10.9 Å². The van der Waals surface area contributed by atoms with Crippen molar-refractivity contribution >= 4 is 34.1 Å². The third-order valence-corrected chi connectivity index (χ3v) is 4.76. The quantitative estimate of drug-likeness (QED) is 0.867. The van der Waals surface area contributed by atoms with Gasteiger partial charge in [-0.2, -0.15) is 0 Å². The van der Waals surface area contributed by atoms with E-state index in [1.54, 1.807) is 19.1 Å². The van der Waals surface area contributed by atoms with Crippen LogP contribution in [0.2, 0.25) is 0 Å². The van der Waals surface area contributed by atoms with Gasteiger partial charge in [0.15, 0.2) is 10.9 Å².